The maximum absolute atomic E-state index is 13.2. The summed E-state index contributed by atoms with van der Waals surface area (Å²) in [6.07, 6.45) is 2.36. The third-order valence-corrected chi connectivity index (χ3v) is 2.33. The molecule has 17 heavy (non-hydrogen) atoms. The van der Waals surface area contributed by atoms with Crippen LogP contribution in [0.15, 0.2) is 43.0 Å². The fourth-order valence-corrected chi connectivity index (χ4v) is 1.56. The SMILES string of the molecule is Fn1cnc2c(Nc3ccccc3)ncnc21. The van der Waals surface area contributed by atoms with Gasteiger partial charge in [-0.15, -0.1) is 4.79 Å². The molecule has 0 bridgehead atoms. The third kappa shape index (κ3) is 1.69. The maximum Gasteiger partial charge on any atom is 0.195 e. The number of rotatable bonds is 2. The van der Waals surface area contributed by atoms with Gasteiger partial charge in [0.1, 0.15) is 12.7 Å². The van der Waals surface area contributed by atoms with Gasteiger partial charge in [-0.05, 0) is 12.1 Å². The molecule has 0 fully saturated rings. The highest BCUT2D eigenvalue weighted by Gasteiger charge is 2.09. The molecule has 3 rings (SSSR count). The first-order valence-electron chi connectivity index (χ1n) is 5.01. The molecular formula is C11H8FN5. The van der Waals surface area contributed by atoms with Crippen molar-refractivity contribution >= 4 is 22.7 Å². The maximum atomic E-state index is 13.2. The lowest BCUT2D eigenvalue weighted by molar-refractivity contribution is 0.381. The molecule has 0 saturated heterocycles. The minimum Gasteiger partial charge on any atom is -0.338 e. The monoisotopic (exact) mass is 229 g/mol. The Morgan fingerprint density at radius 1 is 1.06 bits per heavy atom. The van der Waals surface area contributed by atoms with Crippen LogP contribution in [-0.2, 0) is 0 Å². The van der Waals surface area contributed by atoms with Crippen molar-refractivity contribution in [2.75, 3.05) is 5.32 Å². The lowest BCUT2D eigenvalue weighted by Gasteiger charge is -2.04. The highest BCUT2D eigenvalue weighted by Crippen LogP contribution is 2.21. The van der Waals surface area contributed by atoms with Gasteiger partial charge in [-0.2, -0.15) is 0 Å². The summed E-state index contributed by atoms with van der Waals surface area (Å²) in [4.78, 5) is 12.2. The number of benzene rings is 1. The molecule has 2 heterocycles. The summed E-state index contributed by atoms with van der Waals surface area (Å²) >= 11 is 0. The molecule has 5 nitrogen and oxygen atoms in total. The zero-order valence-electron chi connectivity index (χ0n) is 8.71. The van der Waals surface area contributed by atoms with Gasteiger partial charge in [-0.1, -0.05) is 22.7 Å². The predicted molar refractivity (Wildman–Crippen MR) is 61.6 cm³/mol. The van der Waals surface area contributed by atoms with E-state index in [0.717, 1.165) is 12.0 Å². The van der Waals surface area contributed by atoms with E-state index in [1.807, 2.05) is 30.3 Å². The van der Waals surface area contributed by atoms with Gasteiger partial charge in [0.25, 0.3) is 0 Å². The van der Waals surface area contributed by atoms with E-state index in [2.05, 4.69) is 20.3 Å². The first-order valence-corrected chi connectivity index (χ1v) is 5.01. The lowest BCUT2D eigenvalue weighted by atomic mass is 10.3. The highest BCUT2D eigenvalue weighted by atomic mass is 19.2. The van der Waals surface area contributed by atoms with Gasteiger partial charge in [0.05, 0.1) is 0 Å². The molecule has 0 atom stereocenters. The van der Waals surface area contributed by atoms with Crippen molar-refractivity contribution in [1.82, 2.24) is 19.7 Å². The second kappa shape index (κ2) is 3.82. The Labute approximate surface area is 95.9 Å². The Bertz CT molecular complexity index is 649. The number of aromatic nitrogens is 4. The molecule has 0 aliphatic carbocycles. The Hall–Kier alpha value is -2.50. The van der Waals surface area contributed by atoms with Crippen LogP contribution in [0.5, 0.6) is 0 Å². The van der Waals surface area contributed by atoms with Crippen molar-refractivity contribution < 1.29 is 4.48 Å². The molecular weight excluding hydrogens is 221 g/mol. The number of hydrogen-bond acceptors (Lipinski definition) is 4. The van der Waals surface area contributed by atoms with E-state index in [1.165, 1.54) is 6.33 Å². The minimum atomic E-state index is 0.151. The standard InChI is InChI=1S/C11H8FN5/c12-17-7-15-9-10(13-6-14-11(9)17)16-8-4-2-1-3-5-8/h1-7H,(H,13,14,16). The zero-order chi connectivity index (χ0) is 11.7. The van der Waals surface area contributed by atoms with Gasteiger partial charge in [-0.3, -0.25) is 0 Å². The molecule has 0 aliphatic rings. The molecule has 84 valence electrons. The molecule has 6 heteroatoms. The number of imidazole rings is 1. The second-order valence-electron chi connectivity index (χ2n) is 3.44. The summed E-state index contributed by atoms with van der Waals surface area (Å²) in [5.74, 6) is 0.484. The number of fused-ring (bicyclic) bond motifs is 1. The topological polar surface area (TPSA) is 55.6 Å². The van der Waals surface area contributed by atoms with E-state index < -0.39 is 0 Å². The Morgan fingerprint density at radius 3 is 2.71 bits per heavy atom. The van der Waals surface area contributed by atoms with Crippen molar-refractivity contribution in [3.63, 3.8) is 0 Å². The third-order valence-electron chi connectivity index (χ3n) is 2.33. The first kappa shape index (κ1) is 9.71. The fourth-order valence-electron chi connectivity index (χ4n) is 1.56. The lowest BCUT2D eigenvalue weighted by Crippen LogP contribution is -1.96. The Kier molecular flexibility index (Phi) is 2.18. The largest absolute Gasteiger partial charge is 0.338 e. The van der Waals surface area contributed by atoms with Gasteiger partial charge < -0.3 is 5.32 Å². The highest BCUT2D eigenvalue weighted by molar-refractivity contribution is 5.84. The minimum absolute atomic E-state index is 0.151. The number of halogens is 1. The van der Waals surface area contributed by atoms with Gasteiger partial charge in [-0.25, -0.2) is 15.0 Å². The van der Waals surface area contributed by atoms with E-state index in [4.69, 9.17) is 0 Å². The average molecular weight is 229 g/mol. The van der Waals surface area contributed by atoms with Crippen LogP contribution in [0.2, 0.25) is 0 Å². The zero-order valence-corrected chi connectivity index (χ0v) is 8.71. The van der Waals surface area contributed by atoms with Gasteiger partial charge in [0.15, 0.2) is 17.0 Å². The van der Waals surface area contributed by atoms with E-state index in [-0.39, 0.29) is 5.65 Å². The molecule has 0 saturated carbocycles. The van der Waals surface area contributed by atoms with Crippen LogP contribution in [0.25, 0.3) is 11.2 Å². The number of nitrogens with one attached hydrogen (secondary N) is 1. The summed E-state index contributed by atoms with van der Waals surface area (Å²) in [5.41, 5.74) is 1.41. The fraction of sp³-hybridized carbons (Fsp3) is 0. The van der Waals surface area contributed by atoms with Crippen LogP contribution in [0, 0.1) is 0 Å². The molecule has 0 spiro atoms. The van der Waals surface area contributed by atoms with Crippen molar-refractivity contribution in [3.05, 3.63) is 43.0 Å². The van der Waals surface area contributed by atoms with E-state index in [1.54, 1.807) is 0 Å². The van der Waals surface area contributed by atoms with Crippen LogP contribution in [0.1, 0.15) is 0 Å². The Balaban J connectivity index is 2.06. The second-order valence-corrected chi connectivity index (χ2v) is 3.44. The molecule has 1 N–H and O–H groups in total. The van der Waals surface area contributed by atoms with Crippen molar-refractivity contribution in [3.8, 4) is 0 Å². The Morgan fingerprint density at radius 2 is 1.88 bits per heavy atom. The van der Waals surface area contributed by atoms with Gasteiger partial charge in [0.2, 0.25) is 0 Å². The number of anilines is 2. The molecule has 2 aromatic heterocycles. The molecule has 0 radical (unpaired) electrons. The summed E-state index contributed by atoms with van der Waals surface area (Å²) < 4.78 is 13.2. The first-order chi connectivity index (χ1) is 8.34. The van der Waals surface area contributed by atoms with E-state index in [0.29, 0.717) is 16.1 Å². The van der Waals surface area contributed by atoms with Crippen molar-refractivity contribution in [1.29, 1.82) is 0 Å². The number of hydrogen-bond donors (Lipinski definition) is 1. The molecule has 0 aliphatic heterocycles. The average Bonchev–Trinajstić information content (AvgIpc) is 2.74. The van der Waals surface area contributed by atoms with E-state index in [9.17, 15) is 4.48 Å². The van der Waals surface area contributed by atoms with Crippen LogP contribution < -0.4 is 5.32 Å². The number of para-hydroxylation sites is 1. The van der Waals surface area contributed by atoms with Crippen LogP contribution in [0.3, 0.4) is 0 Å². The summed E-state index contributed by atoms with van der Waals surface area (Å²) in [6, 6.07) is 9.49. The summed E-state index contributed by atoms with van der Waals surface area (Å²) in [6.45, 7) is 0. The van der Waals surface area contributed by atoms with E-state index >= 15 is 0 Å². The smallest absolute Gasteiger partial charge is 0.195 e. The summed E-state index contributed by atoms with van der Waals surface area (Å²) in [7, 11) is 0. The summed E-state index contributed by atoms with van der Waals surface area (Å²) in [5, 5.41) is 3.07. The van der Waals surface area contributed by atoms with Crippen LogP contribution in [-0.4, -0.2) is 19.7 Å². The quantitative estimate of drug-likeness (QED) is 0.732. The molecule has 0 unspecified atom stereocenters. The normalized spacial score (nSPS) is 10.6. The van der Waals surface area contributed by atoms with Gasteiger partial charge >= 0.3 is 0 Å². The van der Waals surface area contributed by atoms with Gasteiger partial charge in [0, 0.05) is 5.69 Å². The molecule has 1 aromatic carbocycles. The van der Waals surface area contributed by atoms with Crippen molar-refractivity contribution in [2.45, 2.75) is 0 Å². The molecule has 0 amide bonds. The van der Waals surface area contributed by atoms with Crippen LogP contribution >= 0.6 is 0 Å². The number of nitrogens with zero attached hydrogens (tertiary/aromatic N) is 4. The van der Waals surface area contributed by atoms with Crippen LogP contribution in [0.4, 0.5) is 16.0 Å². The molecule has 3 aromatic rings. The predicted octanol–water partition coefficient (Wildman–Crippen LogP) is 2.30. The van der Waals surface area contributed by atoms with Crippen molar-refractivity contribution in [2.24, 2.45) is 0 Å².